The maximum atomic E-state index is 13.3. The Bertz CT molecular complexity index is 1460. The average molecular weight is 583 g/mol. The highest BCUT2D eigenvalue weighted by atomic mass is 16.7. The van der Waals surface area contributed by atoms with Gasteiger partial charge in [0.2, 0.25) is 0 Å². The fourth-order valence-corrected chi connectivity index (χ4v) is 4.89. The van der Waals surface area contributed by atoms with Gasteiger partial charge in [0.05, 0.1) is 24.3 Å². The second-order valence-electron chi connectivity index (χ2n) is 9.96. The van der Waals surface area contributed by atoms with Crippen LogP contribution in [0.5, 0.6) is 0 Å². The Morgan fingerprint density at radius 1 is 0.628 bits per heavy atom. The molecule has 0 unspecified atom stereocenters. The van der Waals surface area contributed by atoms with Gasteiger partial charge in [0.1, 0.15) is 18.8 Å². The molecule has 0 saturated carbocycles. The quantitative estimate of drug-likeness (QED) is 0.153. The van der Waals surface area contributed by atoms with E-state index in [-0.39, 0.29) is 13.2 Å². The van der Waals surface area contributed by atoms with E-state index >= 15 is 0 Å². The van der Waals surface area contributed by atoms with Gasteiger partial charge in [0.25, 0.3) is 0 Å². The van der Waals surface area contributed by atoms with E-state index in [1.54, 1.807) is 31.4 Å². The van der Waals surface area contributed by atoms with Crippen molar-refractivity contribution >= 4 is 11.9 Å². The molecule has 4 aromatic carbocycles. The third kappa shape index (κ3) is 7.55. The molecule has 0 radical (unpaired) electrons. The number of esters is 2. The van der Waals surface area contributed by atoms with Crippen molar-refractivity contribution in [3.63, 3.8) is 0 Å². The lowest BCUT2D eigenvalue weighted by molar-refractivity contribution is -0.167. The van der Waals surface area contributed by atoms with Crippen LogP contribution in [0.3, 0.4) is 0 Å². The number of ether oxygens (including phenoxy) is 6. The molecule has 0 N–H and O–H groups in total. The molecule has 5 rings (SSSR count). The maximum absolute atomic E-state index is 13.3. The third-order valence-corrected chi connectivity index (χ3v) is 7.17. The molecule has 1 fully saturated rings. The van der Waals surface area contributed by atoms with E-state index in [9.17, 15) is 9.59 Å². The highest BCUT2D eigenvalue weighted by Gasteiger charge is 2.49. The zero-order valence-electron chi connectivity index (χ0n) is 24.1. The van der Waals surface area contributed by atoms with Gasteiger partial charge in [-0.15, -0.1) is 0 Å². The average Bonchev–Trinajstić information content (AvgIpc) is 3.40. The van der Waals surface area contributed by atoms with E-state index in [2.05, 4.69) is 0 Å². The molecule has 1 heterocycles. The standard InChI is InChI=1S/C35H34O8/c1-38-21-22-40-32-31(43-34(37)29-19-15-27(16-20-29)25-11-7-4-8-12-25)30(42-35(32)39-2)23-41-33(36)28-17-13-26(14-18-28)24-9-5-3-6-10-24/h3-20,30-32,35H,21-23H2,1-2H3/t30-,31-,32-,35+/m1/s1. The van der Waals surface area contributed by atoms with Gasteiger partial charge in [0.15, 0.2) is 12.4 Å². The minimum atomic E-state index is -0.906. The minimum absolute atomic E-state index is 0.172. The molecule has 8 nitrogen and oxygen atoms in total. The predicted molar refractivity (Wildman–Crippen MR) is 161 cm³/mol. The van der Waals surface area contributed by atoms with Crippen molar-refractivity contribution in [1.29, 1.82) is 0 Å². The van der Waals surface area contributed by atoms with Crippen molar-refractivity contribution < 1.29 is 38.0 Å². The Hall–Kier alpha value is -4.34. The summed E-state index contributed by atoms with van der Waals surface area (Å²) in [6.07, 6.45) is -3.33. The van der Waals surface area contributed by atoms with Crippen molar-refractivity contribution in [3.05, 3.63) is 120 Å². The van der Waals surface area contributed by atoms with Crippen LogP contribution in [0.25, 0.3) is 22.3 Å². The van der Waals surface area contributed by atoms with Crippen LogP contribution in [0, 0.1) is 0 Å². The van der Waals surface area contributed by atoms with Crippen LogP contribution in [-0.4, -0.2) is 70.6 Å². The number of hydrogen-bond acceptors (Lipinski definition) is 8. The molecular formula is C35H34O8. The summed E-state index contributed by atoms with van der Waals surface area (Å²) in [6.45, 7) is 0.381. The van der Waals surface area contributed by atoms with E-state index in [4.69, 9.17) is 28.4 Å². The minimum Gasteiger partial charge on any atom is -0.459 e. The summed E-state index contributed by atoms with van der Waals surface area (Å²) in [5, 5.41) is 0. The SMILES string of the molecule is COCCO[C@H]1[C@@H](OC)O[C@H](COC(=O)c2ccc(-c3ccccc3)cc2)[C@H]1OC(=O)c1ccc(-c2ccccc2)cc1. The Balaban J connectivity index is 1.27. The Morgan fingerprint density at radius 3 is 1.65 bits per heavy atom. The molecule has 4 aromatic rings. The van der Waals surface area contributed by atoms with Gasteiger partial charge in [-0.25, -0.2) is 9.59 Å². The van der Waals surface area contributed by atoms with Crippen molar-refractivity contribution in [2.45, 2.75) is 24.6 Å². The van der Waals surface area contributed by atoms with Gasteiger partial charge in [0, 0.05) is 14.2 Å². The highest BCUT2D eigenvalue weighted by molar-refractivity contribution is 5.91. The van der Waals surface area contributed by atoms with Crippen molar-refractivity contribution in [2.75, 3.05) is 34.0 Å². The zero-order valence-corrected chi connectivity index (χ0v) is 24.1. The van der Waals surface area contributed by atoms with Crippen LogP contribution in [-0.2, 0) is 28.4 Å². The first kappa shape index (κ1) is 30.1. The topological polar surface area (TPSA) is 89.5 Å². The molecule has 8 heteroatoms. The summed E-state index contributed by atoms with van der Waals surface area (Å²) >= 11 is 0. The lowest BCUT2D eigenvalue weighted by atomic mass is 10.0. The summed E-state index contributed by atoms with van der Waals surface area (Å²) in [6, 6.07) is 34.1. The van der Waals surface area contributed by atoms with E-state index < -0.39 is 36.5 Å². The summed E-state index contributed by atoms with van der Waals surface area (Å²) in [5.74, 6) is -1.08. The fraction of sp³-hybridized carbons (Fsp3) is 0.257. The monoisotopic (exact) mass is 582 g/mol. The first-order valence-electron chi connectivity index (χ1n) is 14.0. The lowest BCUT2D eigenvalue weighted by Gasteiger charge is -2.24. The first-order chi connectivity index (χ1) is 21.1. The first-order valence-corrected chi connectivity index (χ1v) is 14.0. The number of carbonyl (C=O) groups is 2. The highest BCUT2D eigenvalue weighted by Crippen LogP contribution is 2.29. The Morgan fingerprint density at radius 2 is 1.14 bits per heavy atom. The van der Waals surface area contributed by atoms with Gasteiger partial charge < -0.3 is 28.4 Å². The van der Waals surface area contributed by atoms with Gasteiger partial charge >= 0.3 is 11.9 Å². The smallest absolute Gasteiger partial charge is 0.338 e. The van der Waals surface area contributed by atoms with Gasteiger partial charge in [-0.2, -0.15) is 0 Å². The van der Waals surface area contributed by atoms with Crippen LogP contribution in [0.4, 0.5) is 0 Å². The lowest BCUT2D eigenvalue weighted by Crippen LogP contribution is -2.41. The summed E-state index contributed by atoms with van der Waals surface area (Å²) in [5.41, 5.74) is 4.80. The second kappa shape index (κ2) is 14.7. The van der Waals surface area contributed by atoms with Crippen LogP contribution >= 0.6 is 0 Å². The van der Waals surface area contributed by atoms with Crippen LogP contribution < -0.4 is 0 Å². The number of carbonyl (C=O) groups excluding carboxylic acids is 2. The largest absolute Gasteiger partial charge is 0.459 e. The Kier molecular flexibility index (Phi) is 10.3. The predicted octanol–water partition coefficient (Wildman–Crippen LogP) is 5.81. The van der Waals surface area contributed by atoms with E-state index in [1.165, 1.54) is 7.11 Å². The molecule has 1 aliphatic heterocycles. The molecule has 0 amide bonds. The number of rotatable bonds is 12. The molecule has 4 atom stereocenters. The van der Waals surface area contributed by atoms with Gasteiger partial charge in [-0.05, 0) is 46.5 Å². The Labute approximate surface area is 251 Å². The molecule has 0 aliphatic carbocycles. The molecule has 222 valence electrons. The van der Waals surface area contributed by atoms with Gasteiger partial charge in [-0.1, -0.05) is 84.9 Å². The van der Waals surface area contributed by atoms with E-state index in [0.29, 0.717) is 17.7 Å². The molecular weight excluding hydrogens is 548 g/mol. The van der Waals surface area contributed by atoms with Crippen LogP contribution in [0.1, 0.15) is 20.7 Å². The van der Waals surface area contributed by atoms with Crippen LogP contribution in [0.15, 0.2) is 109 Å². The molecule has 1 aliphatic rings. The van der Waals surface area contributed by atoms with E-state index in [0.717, 1.165) is 22.3 Å². The maximum Gasteiger partial charge on any atom is 0.338 e. The normalized spacial score (nSPS) is 19.6. The molecule has 43 heavy (non-hydrogen) atoms. The van der Waals surface area contributed by atoms with Crippen molar-refractivity contribution in [1.82, 2.24) is 0 Å². The second-order valence-corrected chi connectivity index (χ2v) is 9.96. The van der Waals surface area contributed by atoms with E-state index in [1.807, 2.05) is 84.9 Å². The summed E-state index contributed by atoms with van der Waals surface area (Å²) in [7, 11) is 3.04. The molecule has 0 spiro atoms. The molecule has 0 aromatic heterocycles. The molecule has 0 bridgehead atoms. The fourth-order valence-electron chi connectivity index (χ4n) is 4.89. The third-order valence-electron chi connectivity index (χ3n) is 7.17. The number of benzene rings is 4. The zero-order chi connectivity index (χ0) is 30.0. The van der Waals surface area contributed by atoms with Crippen LogP contribution in [0.2, 0.25) is 0 Å². The molecule has 1 saturated heterocycles. The number of hydrogen-bond donors (Lipinski definition) is 0. The van der Waals surface area contributed by atoms with Gasteiger partial charge in [-0.3, -0.25) is 0 Å². The summed E-state index contributed by atoms with van der Waals surface area (Å²) < 4.78 is 34.1. The van der Waals surface area contributed by atoms with Crippen molar-refractivity contribution in [3.8, 4) is 22.3 Å². The summed E-state index contributed by atoms with van der Waals surface area (Å²) in [4.78, 5) is 26.2. The van der Waals surface area contributed by atoms with Crippen molar-refractivity contribution in [2.24, 2.45) is 0 Å². The number of methoxy groups -OCH3 is 2.